The topological polar surface area (TPSA) is 111 Å². The highest BCUT2D eigenvalue weighted by Crippen LogP contribution is 2.31. The molecule has 0 aliphatic rings. The highest BCUT2D eigenvalue weighted by molar-refractivity contribution is 8.01. The highest BCUT2D eigenvalue weighted by atomic mass is 32.2. The quantitative estimate of drug-likeness (QED) is 0.315. The van der Waals surface area contributed by atoms with Crippen molar-refractivity contribution in [2.45, 2.75) is 30.6 Å². The minimum atomic E-state index is -0.684. The Balaban J connectivity index is 2.01. The summed E-state index contributed by atoms with van der Waals surface area (Å²) in [6.45, 7) is 3.80. The van der Waals surface area contributed by atoms with Gasteiger partial charge in [-0.3, -0.25) is 14.9 Å². The van der Waals surface area contributed by atoms with E-state index in [1.807, 2.05) is 13.8 Å². The first-order valence-electron chi connectivity index (χ1n) is 7.90. The van der Waals surface area contributed by atoms with Crippen molar-refractivity contribution in [3.05, 3.63) is 28.3 Å². The molecular formula is C16H19N3O5S2. The third-order valence-electron chi connectivity index (χ3n) is 3.87. The number of nitro benzene ring substituents is 1. The van der Waals surface area contributed by atoms with Gasteiger partial charge in [0.15, 0.2) is 4.34 Å². The molecule has 0 fully saturated rings. The first-order chi connectivity index (χ1) is 12.3. The molecule has 2 atom stereocenters. The van der Waals surface area contributed by atoms with E-state index in [1.165, 1.54) is 42.3 Å². The van der Waals surface area contributed by atoms with Gasteiger partial charge in [0.25, 0.3) is 5.69 Å². The number of thiazole rings is 1. The number of methoxy groups -OCH3 is 1. The molecule has 1 heterocycles. The van der Waals surface area contributed by atoms with E-state index >= 15 is 0 Å². The number of hydrogen-bond acceptors (Lipinski definition) is 8. The molecule has 0 saturated heterocycles. The molecule has 8 nitrogen and oxygen atoms in total. The third kappa shape index (κ3) is 4.92. The summed E-state index contributed by atoms with van der Waals surface area (Å²) in [6.07, 6.45) is 0.726. The number of nitrogens with one attached hydrogen (secondary N) is 1. The van der Waals surface area contributed by atoms with Gasteiger partial charge in [0, 0.05) is 12.1 Å². The standard InChI is InChI=1S/C16H19N3O5S2/c1-4-9(2)14(15(21)24-3)18-13(20)8-25-16-17-11-6-5-10(19(22)23)7-12(11)26-16/h5-7,9,14H,4,8H2,1-3H3,(H,18,20)/t9-,14-/m0/s1. The van der Waals surface area contributed by atoms with E-state index in [4.69, 9.17) is 4.74 Å². The van der Waals surface area contributed by atoms with Gasteiger partial charge in [-0.1, -0.05) is 32.0 Å². The van der Waals surface area contributed by atoms with Crippen molar-refractivity contribution in [3.63, 3.8) is 0 Å². The minimum absolute atomic E-state index is 0.00455. The Kier molecular flexibility index (Phi) is 6.92. The van der Waals surface area contributed by atoms with Crippen LogP contribution < -0.4 is 5.32 Å². The number of nitrogens with zero attached hydrogens (tertiary/aromatic N) is 2. The Hall–Kier alpha value is -2.20. The summed E-state index contributed by atoms with van der Waals surface area (Å²) < 4.78 is 6.07. The summed E-state index contributed by atoms with van der Waals surface area (Å²) in [5.74, 6) is -0.716. The molecule has 1 aromatic heterocycles. The Morgan fingerprint density at radius 3 is 2.81 bits per heavy atom. The molecule has 0 bridgehead atoms. The molecule has 0 unspecified atom stereocenters. The molecule has 0 aliphatic heterocycles. The van der Waals surface area contributed by atoms with Crippen molar-refractivity contribution in [1.82, 2.24) is 10.3 Å². The molecule has 0 radical (unpaired) electrons. The van der Waals surface area contributed by atoms with Crippen molar-refractivity contribution >= 4 is 50.9 Å². The maximum absolute atomic E-state index is 12.2. The van der Waals surface area contributed by atoms with Crippen LogP contribution in [0.3, 0.4) is 0 Å². The number of esters is 1. The molecule has 1 N–H and O–H groups in total. The number of carbonyl (C=O) groups excluding carboxylic acids is 2. The van der Waals surface area contributed by atoms with Crippen LogP contribution >= 0.6 is 23.1 Å². The predicted octanol–water partition coefficient (Wildman–Crippen LogP) is 3.00. The molecule has 140 valence electrons. The summed E-state index contributed by atoms with van der Waals surface area (Å²) >= 11 is 2.51. The number of thioether (sulfide) groups is 1. The van der Waals surface area contributed by atoms with Gasteiger partial charge in [-0.25, -0.2) is 9.78 Å². The summed E-state index contributed by atoms with van der Waals surface area (Å²) in [5, 5.41) is 13.5. The summed E-state index contributed by atoms with van der Waals surface area (Å²) in [5.41, 5.74) is 0.653. The number of amides is 1. The van der Waals surface area contributed by atoms with Crippen LogP contribution in [0.15, 0.2) is 22.5 Å². The van der Waals surface area contributed by atoms with Crippen LogP contribution in [-0.4, -0.2) is 40.7 Å². The molecule has 0 aliphatic carbocycles. The Morgan fingerprint density at radius 2 is 2.19 bits per heavy atom. The van der Waals surface area contributed by atoms with Crippen molar-refractivity contribution in [3.8, 4) is 0 Å². The average molecular weight is 397 g/mol. The molecule has 0 saturated carbocycles. The van der Waals surface area contributed by atoms with Gasteiger partial charge in [0.05, 0.1) is 28.0 Å². The highest BCUT2D eigenvalue weighted by Gasteiger charge is 2.26. The number of aromatic nitrogens is 1. The first kappa shape index (κ1) is 20.1. The molecule has 2 aromatic rings. The van der Waals surface area contributed by atoms with Crippen LogP contribution in [0.1, 0.15) is 20.3 Å². The van der Waals surface area contributed by atoms with E-state index in [0.29, 0.717) is 14.6 Å². The summed E-state index contributed by atoms with van der Waals surface area (Å²) in [4.78, 5) is 38.7. The largest absolute Gasteiger partial charge is 0.467 e. The lowest BCUT2D eigenvalue weighted by molar-refractivity contribution is -0.384. The van der Waals surface area contributed by atoms with Crippen LogP contribution in [0.4, 0.5) is 5.69 Å². The molecule has 0 spiro atoms. The summed E-state index contributed by atoms with van der Waals surface area (Å²) in [6, 6.07) is 3.77. The fraction of sp³-hybridized carbons (Fsp3) is 0.438. The zero-order valence-electron chi connectivity index (χ0n) is 14.6. The van der Waals surface area contributed by atoms with Gasteiger partial charge in [-0.05, 0) is 12.0 Å². The van der Waals surface area contributed by atoms with Gasteiger partial charge in [0.2, 0.25) is 5.91 Å². The normalized spacial score (nSPS) is 13.2. The minimum Gasteiger partial charge on any atom is -0.467 e. The molecule has 1 amide bonds. The number of ether oxygens (including phenoxy) is 1. The average Bonchev–Trinajstić information content (AvgIpc) is 3.05. The number of nitro groups is 1. The van der Waals surface area contributed by atoms with E-state index in [1.54, 1.807) is 6.07 Å². The SMILES string of the molecule is CC[C@H](C)[C@H](NC(=O)CSc1nc2ccc([N+](=O)[O-])cc2s1)C(=O)OC. The van der Waals surface area contributed by atoms with Gasteiger partial charge in [0.1, 0.15) is 6.04 Å². The number of carbonyl (C=O) groups is 2. The number of rotatable bonds is 8. The van der Waals surface area contributed by atoms with Crippen LogP contribution in [0.2, 0.25) is 0 Å². The van der Waals surface area contributed by atoms with Gasteiger partial charge in [-0.15, -0.1) is 11.3 Å². The molecule has 2 rings (SSSR count). The monoisotopic (exact) mass is 397 g/mol. The van der Waals surface area contributed by atoms with Crippen LogP contribution in [0, 0.1) is 16.0 Å². The number of benzene rings is 1. The molecule has 26 heavy (non-hydrogen) atoms. The predicted molar refractivity (Wildman–Crippen MR) is 100 cm³/mol. The smallest absolute Gasteiger partial charge is 0.328 e. The first-order valence-corrected chi connectivity index (χ1v) is 9.70. The lowest BCUT2D eigenvalue weighted by Crippen LogP contribution is -2.46. The van der Waals surface area contributed by atoms with Crippen LogP contribution in [-0.2, 0) is 14.3 Å². The second-order valence-corrected chi connectivity index (χ2v) is 7.88. The Labute approximate surface area is 158 Å². The van der Waals surface area contributed by atoms with Crippen molar-refractivity contribution in [2.24, 2.45) is 5.92 Å². The van der Waals surface area contributed by atoms with Gasteiger partial charge in [-0.2, -0.15) is 0 Å². The lowest BCUT2D eigenvalue weighted by Gasteiger charge is -2.21. The van der Waals surface area contributed by atoms with Crippen molar-refractivity contribution in [1.29, 1.82) is 0 Å². The molecule has 1 aromatic carbocycles. The zero-order valence-corrected chi connectivity index (χ0v) is 16.2. The van der Waals surface area contributed by atoms with E-state index in [2.05, 4.69) is 10.3 Å². The maximum Gasteiger partial charge on any atom is 0.328 e. The molecular weight excluding hydrogens is 378 g/mol. The van der Waals surface area contributed by atoms with Crippen molar-refractivity contribution in [2.75, 3.05) is 12.9 Å². The third-order valence-corrected chi connectivity index (χ3v) is 6.04. The van der Waals surface area contributed by atoms with E-state index in [0.717, 1.165) is 6.42 Å². The van der Waals surface area contributed by atoms with Gasteiger partial charge < -0.3 is 10.1 Å². The lowest BCUT2D eigenvalue weighted by atomic mass is 9.99. The Morgan fingerprint density at radius 1 is 1.46 bits per heavy atom. The fourth-order valence-corrected chi connectivity index (χ4v) is 4.12. The van der Waals surface area contributed by atoms with Gasteiger partial charge >= 0.3 is 5.97 Å². The van der Waals surface area contributed by atoms with E-state index in [-0.39, 0.29) is 23.3 Å². The van der Waals surface area contributed by atoms with E-state index < -0.39 is 16.9 Å². The van der Waals surface area contributed by atoms with Crippen LogP contribution in [0.25, 0.3) is 10.2 Å². The fourth-order valence-electron chi connectivity index (χ4n) is 2.21. The van der Waals surface area contributed by atoms with E-state index in [9.17, 15) is 19.7 Å². The zero-order chi connectivity index (χ0) is 19.3. The summed E-state index contributed by atoms with van der Waals surface area (Å²) in [7, 11) is 1.29. The number of hydrogen-bond donors (Lipinski definition) is 1. The maximum atomic E-state index is 12.2. The number of non-ortho nitro benzene ring substituents is 1. The second-order valence-electron chi connectivity index (χ2n) is 5.63. The Bertz CT molecular complexity index is 823. The van der Waals surface area contributed by atoms with Crippen LogP contribution in [0.5, 0.6) is 0 Å². The number of fused-ring (bicyclic) bond motifs is 1. The van der Waals surface area contributed by atoms with Crippen molar-refractivity contribution < 1.29 is 19.2 Å². The molecule has 10 heteroatoms. The second kappa shape index (κ2) is 8.95.